The summed E-state index contributed by atoms with van der Waals surface area (Å²) in [5, 5.41) is 0. The average Bonchev–Trinajstić information content (AvgIpc) is 2.08. The highest BCUT2D eigenvalue weighted by atomic mass is 31.2. The van der Waals surface area contributed by atoms with Crippen LogP contribution in [0.3, 0.4) is 0 Å². The second-order valence-electron chi connectivity index (χ2n) is 2.39. The van der Waals surface area contributed by atoms with E-state index in [4.69, 9.17) is 0 Å². The van der Waals surface area contributed by atoms with Gasteiger partial charge in [-0.25, -0.2) is 8.96 Å². The molecule has 0 aliphatic heterocycles. The SMILES string of the molecule is CCOP(=O)(F)Oc1ccc(F)cc1. The highest BCUT2D eigenvalue weighted by molar-refractivity contribution is 7.48. The van der Waals surface area contributed by atoms with Gasteiger partial charge in [0.2, 0.25) is 0 Å². The van der Waals surface area contributed by atoms with E-state index >= 15 is 0 Å². The van der Waals surface area contributed by atoms with Crippen LogP contribution in [-0.2, 0) is 9.09 Å². The zero-order valence-corrected chi connectivity index (χ0v) is 8.34. The van der Waals surface area contributed by atoms with Crippen LogP contribution in [0.4, 0.5) is 8.59 Å². The summed E-state index contributed by atoms with van der Waals surface area (Å²) >= 11 is 0. The molecular formula is C8H9F2O3P. The Morgan fingerprint density at radius 1 is 1.36 bits per heavy atom. The van der Waals surface area contributed by atoms with Gasteiger partial charge < -0.3 is 4.52 Å². The smallest absolute Gasteiger partial charge is 0.401 e. The van der Waals surface area contributed by atoms with Crippen LogP contribution in [0.1, 0.15) is 6.92 Å². The normalized spacial score (nSPS) is 14.8. The Kier molecular flexibility index (Phi) is 3.61. The molecule has 6 heteroatoms. The maximum atomic E-state index is 12.9. The predicted molar refractivity (Wildman–Crippen MR) is 47.4 cm³/mol. The Hall–Kier alpha value is -0.930. The fourth-order valence-corrected chi connectivity index (χ4v) is 1.54. The molecule has 0 aliphatic carbocycles. The summed E-state index contributed by atoms with van der Waals surface area (Å²) in [6.45, 7) is 1.43. The molecule has 0 radical (unpaired) electrons. The van der Waals surface area contributed by atoms with Crippen molar-refractivity contribution in [1.29, 1.82) is 0 Å². The van der Waals surface area contributed by atoms with Gasteiger partial charge in [-0.1, -0.05) is 0 Å². The molecule has 0 saturated heterocycles. The van der Waals surface area contributed by atoms with Crippen molar-refractivity contribution < 1.29 is 22.2 Å². The van der Waals surface area contributed by atoms with Crippen molar-refractivity contribution in [3.05, 3.63) is 30.1 Å². The van der Waals surface area contributed by atoms with Crippen LogP contribution in [0.5, 0.6) is 5.75 Å². The Balaban J connectivity index is 2.69. The molecule has 14 heavy (non-hydrogen) atoms. The van der Waals surface area contributed by atoms with Gasteiger partial charge in [-0.2, -0.15) is 0 Å². The summed E-state index contributed by atoms with van der Waals surface area (Å²) in [6.07, 6.45) is 0. The Morgan fingerprint density at radius 2 is 1.93 bits per heavy atom. The van der Waals surface area contributed by atoms with Crippen LogP contribution in [0.2, 0.25) is 0 Å². The van der Waals surface area contributed by atoms with E-state index in [0.29, 0.717) is 0 Å². The first-order valence-electron chi connectivity index (χ1n) is 3.93. The van der Waals surface area contributed by atoms with Gasteiger partial charge in [-0.3, -0.25) is 4.52 Å². The van der Waals surface area contributed by atoms with E-state index in [0.717, 1.165) is 12.1 Å². The van der Waals surface area contributed by atoms with Crippen LogP contribution in [-0.4, -0.2) is 6.61 Å². The largest absolute Gasteiger partial charge is 0.569 e. The highest BCUT2D eigenvalue weighted by Crippen LogP contribution is 2.49. The quantitative estimate of drug-likeness (QED) is 0.733. The second kappa shape index (κ2) is 4.53. The van der Waals surface area contributed by atoms with Crippen molar-refractivity contribution >= 4 is 7.91 Å². The maximum absolute atomic E-state index is 12.9. The number of hydrogen-bond donors (Lipinski definition) is 0. The van der Waals surface area contributed by atoms with Crippen molar-refractivity contribution in [1.82, 2.24) is 0 Å². The Bertz CT molecular complexity index is 339. The van der Waals surface area contributed by atoms with Crippen LogP contribution in [0.15, 0.2) is 24.3 Å². The second-order valence-corrected chi connectivity index (χ2v) is 3.70. The molecule has 1 aromatic rings. The molecule has 78 valence electrons. The van der Waals surface area contributed by atoms with Crippen LogP contribution in [0.25, 0.3) is 0 Å². The lowest BCUT2D eigenvalue weighted by Gasteiger charge is -2.09. The lowest BCUT2D eigenvalue weighted by molar-refractivity contribution is 0.244. The molecule has 0 heterocycles. The molecule has 3 nitrogen and oxygen atoms in total. The minimum Gasteiger partial charge on any atom is -0.401 e. The minimum absolute atomic E-state index is 0.0364. The minimum atomic E-state index is -4.55. The van der Waals surface area contributed by atoms with Gasteiger partial charge in [0, 0.05) is 0 Å². The van der Waals surface area contributed by atoms with Gasteiger partial charge >= 0.3 is 7.91 Å². The first kappa shape index (κ1) is 11.1. The van der Waals surface area contributed by atoms with Gasteiger partial charge in [-0.15, -0.1) is 4.20 Å². The number of rotatable bonds is 4. The standard InChI is InChI=1S/C8H9F2O3P/c1-2-12-14(10,11)13-8-5-3-7(9)4-6-8/h3-6H,2H2,1H3. The molecule has 0 bridgehead atoms. The van der Waals surface area contributed by atoms with Crippen molar-refractivity contribution in [3.8, 4) is 5.75 Å². The molecule has 0 spiro atoms. The monoisotopic (exact) mass is 222 g/mol. The summed E-state index contributed by atoms with van der Waals surface area (Å²) in [7, 11) is -4.55. The van der Waals surface area contributed by atoms with E-state index in [-0.39, 0.29) is 12.4 Å². The third-order valence-corrected chi connectivity index (χ3v) is 2.31. The van der Waals surface area contributed by atoms with E-state index in [1.54, 1.807) is 0 Å². The van der Waals surface area contributed by atoms with Gasteiger partial charge in [0.1, 0.15) is 11.6 Å². The molecule has 0 aromatic heterocycles. The first-order chi connectivity index (χ1) is 6.53. The molecular weight excluding hydrogens is 213 g/mol. The van der Waals surface area contributed by atoms with E-state index in [1.807, 2.05) is 0 Å². The molecule has 1 unspecified atom stereocenters. The summed E-state index contributed by atoms with van der Waals surface area (Å²) < 4.78 is 44.8. The topological polar surface area (TPSA) is 35.5 Å². The average molecular weight is 222 g/mol. The summed E-state index contributed by atoms with van der Waals surface area (Å²) in [6, 6.07) is 4.48. The molecule has 1 rings (SSSR count). The van der Waals surface area contributed by atoms with Gasteiger partial charge in [0.05, 0.1) is 6.61 Å². The molecule has 0 amide bonds. The zero-order valence-electron chi connectivity index (χ0n) is 7.44. The lowest BCUT2D eigenvalue weighted by Crippen LogP contribution is -1.93. The molecule has 0 N–H and O–H groups in total. The van der Waals surface area contributed by atoms with E-state index in [1.165, 1.54) is 19.1 Å². The lowest BCUT2D eigenvalue weighted by atomic mass is 10.3. The van der Waals surface area contributed by atoms with Crippen LogP contribution in [0, 0.1) is 5.82 Å². The van der Waals surface area contributed by atoms with Gasteiger partial charge in [-0.05, 0) is 31.2 Å². The highest BCUT2D eigenvalue weighted by Gasteiger charge is 2.24. The van der Waals surface area contributed by atoms with Crippen molar-refractivity contribution in [2.24, 2.45) is 0 Å². The first-order valence-corrected chi connectivity index (χ1v) is 5.36. The molecule has 1 atom stereocenters. The predicted octanol–water partition coefficient (Wildman–Crippen LogP) is 3.32. The molecule has 0 aliphatic rings. The Labute approximate surface area is 80.3 Å². The molecule has 1 aromatic carbocycles. The van der Waals surface area contributed by atoms with Crippen molar-refractivity contribution in [3.63, 3.8) is 0 Å². The fourth-order valence-electron chi connectivity index (χ4n) is 0.802. The number of hydrogen-bond acceptors (Lipinski definition) is 3. The number of halogens is 2. The summed E-state index contributed by atoms with van der Waals surface area (Å²) in [4.78, 5) is 0. The van der Waals surface area contributed by atoms with E-state index in [9.17, 15) is 13.2 Å². The zero-order chi connectivity index (χ0) is 10.6. The molecule has 0 fully saturated rings. The van der Waals surface area contributed by atoms with Gasteiger partial charge in [0.25, 0.3) is 0 Å². The van der Waals surface area contributed by atoms with Gasteiger partial charge in [0.15, 0.2) is 0 Å². The third kappa shape index (κ3) is 3.44. The van der Waals surface area contributed by atoms with E-state index in [2.05, 4.69) is 9.05 Å². The maximum Gasteiger partial charge on any atom is 0.569 e. The van der Waals surface area contributed by atoms with Crippen molar-refractivity contribution in [2.75, 3.05) is 6.61 Å². The summed E-state index contributed by atoms with van der Waals surface area (Å²) in [5.41, 5.74) is 0. The fraction of sp³-hybridized carbons (Fsp3) is 0.250. The van der Waals surface area contributed by atoms with Crippen molar-refractivity contribution in [2.45, 2.75) is 6.92 Å². The van der Waals surface area contributed by atoms with E-state index < -0.39 is 13.7 Å². The van der Waals surface area contributed by atoms with Crippen LogP contribution >= 0.6 is 7.91 Å². The van der Waals surface area contributed by atoms with Crippen LogP contribution < -0.4 is 4.52 Å². The number of benzene rings is 1. The Morgan fingerprint density at radius 3 is 2.43 bits per heavy atom. The molecule has 0 saturated carbocycles. The summed E-state index contributed by atoms with van der Waals surface area (Å²) in [5.74, 6) is -0.520. The third-order valence-electron chi connectivity index (χ3n) is 1.31.